The highest BCUT2D eigenvalue weighted by Crippen LogP contribution is 2.40. The molecule has 4 nitrogen and oxygen atoms in total. The zero-order valence-electron chi connectivity index (χ0n) is 11.5. The summed E-state index contributed by atoms with van der Waals surface area (Å²) in [6.07, 6.45) is 3.88. The number of nitrogens with one attached hydrogen (secondary N) is 1. The van der Waals surface area contributed by atoms with Crippen LogP contribution in [0.1, 0.15) is 23.6 Å². The van der Waals surface area contributed by atoms with Gasteiger partial charge in [0.2, 0.25) is 0 Å². The Morgan fingerprint density at radius 1 is 1.32 bits per heavy atom. The Morgan fingerprint density at radius 2 is 2.05 bits per heavy atom. The molecule has 1 saturated heterocycles. The van der Waals surface area contributed by atoms with Gasteiger partial charge in [0.1, 0.15) is 5.82 Å². The van der Waals surface area contributed by atoms with Crippen LogP contribution < -0.4 is 5.32 Å². The molecule has 1 aliphatic rings. The molecule has 0 amide bonds. The van der Waals surface area contributed by atoms with Crippen LogP contribution in [0.5, 0.6) is 0 Å². The van der Waals surface area contributed by atoms with E-state index in [9.17, 15) is 0 Å². The van der Waals surface area contributed by atoms with E-state index in [0.717, 1.165) is 31.1 Å². The molecule has 0 spiro atoms. The summed E-state index contributed by atoms with van der Waals surface area (Å²) in [5, 5.41) is 4.34. The standard InChI is InChI=1S/C13H21N3OS2/c1-10-12(19-6-5-18-10)13-15-8-11(9-16-13)7-14-3-4-17-2/h8-10,12,14H,3-7H2,1-2H3. The molecule has 0 aromatic carbocycles. The van der Waals surface area contributed by atoms with E-state index in [4.69, 9.17) is 4.74 Å². The highest BCUT2D eigenvalue weighted by atomic mass is 32.2. The highest BCUT2D eigenvalue weighted by Gasteiger charge is 2.26. The molecule has 0 bridgehead atoms. The zero-order valence-corrected chi connectivity index (χ0v) is 13.1. The molecule has 2 unspecified atom stereocenters. The number of rotatable bonds is 6. The van der Waals surface area contributed by atoms with E-state index in [0.29, 0.717) is 10.5 Å². The van der Waals surface area contributed by atoms with Crippen LogP contribution in [0, 0.1) is 0 Å². The molecule has 1 aromatic heterocycles. The second kappa shape index (κ2) is 8.09. The molecule has 0 radical (unpaired) electrons. The normalized spacial score (nSPS) is 23.5. The maximum absolute atomic E-state index is 4.99. The molecular weight excluding hydrogens is 278 g/mol. The third-order valence-electron chi connectivity index (χ3n) is 2.98. The SMILES string of the molecule is COCCNCc1cnc(C2SCCSC2C)nc1. The second-order valence-corrected chi connectivity index (χ2v) is 7.22. The number of thioether (sulfide) groups is 2. The fourth-order valence-electron chi connectivity index (χ4n) is 1.93. The molecule has 19 heavy (non-hydrogen) atoms. The predicted molar refractivity (Wildman–Crippen MR) is 82.7 cm³/mol. The summed E-state index contributed by atoms with van der Waals surface area (Å²) >= 11 is 3.99. The van der Waals surface area contributed by atoms with Crippen molar-refractivity contribution in [3.8, 4) is 0 Å². The fraction of sp³-hybridized carbons (Fsp3) is 0.692. The van der Waals surface area contributed by atoms with Crippen molar-refractivity contribution in [2.45, 2.75) is 24.0 Å². The quantitative estimate of drug-likeness (QED) is 0.812. The lowest BCUT2D eigenvalue weighted by Gasteiger charge is -2.26. The molecule has 1 N–H and O–H groups in total. The van der Waals surface area contributed by atoms with Crippen molar-refractivity contribution in [1.82, 2.24) is 15.3 Å². The van der Waals surface area contributed by atoms with Gasteiger partial charge in [0.05, 0.1) is 11.9 Å². The van der Waals surface area contributed by atoms with Gasteiger partial charge in [-0.2, -0.15) is 11.8 Å². The van der Waals surface area contributed by atoms with E-state index in [1.54, 1.807) is 7.11 Å². The first kappa shape index (κ1) is 15.1. The van der Waals surface area contributed by atoms with Gasteiger partial charge < -0.3 is 10.1 Å². The number of hydrogen-bond acceptors (Lipinski definition) is 6. The van der Waals surface area contributed by atoms with E-state index < -0.39 is 0 Å². The number of methoxy groups -OCH3 is 1. The Bertz CT molecular complexity index is 375. The summed E-state index contributed by atoms with van der Waals surface area (Å²) < 4.78 is 4.99. The van der Waals surface area contributed by atoms with Crippen LogP contribution in [-0.2, 0) is 11.3 Å². The Kier molecular flexibility index (Phi) is 6.43. The van der Waals surface area contributed by atoms with Crippen molar-refractivity contribution in [1.29, 1.82) is 0 Å². The summed E-state index contributed by atoms with van der Waals surface area (Å²) in [5.41, 5.74) is 1.13. The van der Waals surface area contributed by atoms with Gasteiger partial charge >= 0.3 is 0 Å². The summed E-state index contributed by atoms with van der Waals surface area (Å²) in [7, 11) is 1.71. The minimum absolute atomic E-state index is 0.439. The van der Waals surface area contributed by atoms with Crippen LogP contribution in [0.4, 0.5) is 0 Å². The Morgan fingerprint density at radius 3 is 2.74 bits per heavy atom. The van der Waals surface area contributed by atoms with Gasteiger partial charge in [0, 0.05) is 54.9 Å². The minimum Gasteiger partial charge on any atom is -0.383 e. The van der Waals surface area contributed by atoms with E-state index in [2.05, 4.69) is 22.2 Å². The molecule has 1 aromatic rings. The second-order valence-electron chi connectivity index (χ2n) is 4.49. The fourth-order valence-corrected chi connectivity index (χ4v) is 4.63. The van der Waals surface area contributed by atoms with Crippen molar-refractivity contribution in [3.05, 3.63) is 23.8 Å². The van der Waals surface area contributed by atoms with Gasteiger partial charge in [-0.25, -0.2) is 9.97 Å². The smallest absolute Gasteiger partial charge is 0.142 e. The summed E-state index contributed by atoms with van der Waals surface area (Å²) in [6.45, 7) is 4.65. The van der Waals surface area contributed by atoms with Crippen LogP contribution in [-0.4, -0.2) is 47.0 Å². The molecule has 6 heteroatoms. The number of hydrogen-bond donors (Lipinski definition) is 1. The highest BCUT2D eigenvalue weighted by molar-refractivity contribution is 8.06. The molecule has 2 atom stereocenters. The topological polar surface area (TPSA) is 47.0 Å². The number of aromatic nitrogens is 2. The van der Waals surface area contributed by atoms with E-state index in [-0.39, 0.29) is 0 Å². The molecule has 106 valence electrons. The zero-order chi connectivity index (χ0) is 13.5. The van der Waals surface area contributed by atoms with E-state index in [1.165, 1.54) is 11.5 Å². The first-order valence-corrected chi connectivity index (χ1v) is 8.64. The van der Waals surface area contributed by atoms with Crippen LogP contribution in [0.25, 0.3) is 0 Å². The molecular formula is C13H21N3OS2. The monoisotopic (exact) mass is 299 g/mol. The third kappa shape index (κ3) is 4.63. The average molecular weight is 299 g/mol. The molecule has 1 fully saturated rings. The van der Waals surface area contributed by atoms with Crippen LogP contribution in [0.15, 0.2) is 12.4 Å². The number of ether oxygens (including phenoxy) is 1. The van der Waals surface area contributed by atoms with Gasteiger partial charge in [-0.15, -0.1) is 11.8 Å². The van der Waals surface area contributed by atoms with Crippen molar-refractivity contribution in [2.24, 2.45) is 0 Å². The summed E-state index contributed by atoms with van der Waals surface area (Å²) in [6, 6.07) is 0. The predicted octanol–water partition coefficient (Wildman–Crippen LogP) is 2.12. The Hall–Kier alpha value is -0.300. The Balaban J connectivity index is 1.87. The molecule has 0 aliphatic carbocycles. The summed E-state index contributed by atoms with van der Waals surface area (Å²) in [4.78, 5) is 9.07. The van der Waals surface area contributed by atoms with Crippen LogP contribution in [0.2, 0.25) is 0 Å². The van der Waals surface area contributed by atoms with Crippen LogP contribution >= 0.6 is 23.5 Å². The molecule has 0 saturated carbocycles. The van der Waals surface area contributed by atoms with Gasteiger partial charge in [-0.3, -0.25) is 0 Å². The maximum atomic E-state index is 4.99. The molecule has 2 rings (SSSR count). The van der Waals surface area contributed by atoms with E-state index in [1.807, 2.05) is 35.9 Å². The minimum atomic E-state index is 0.439. The third-order valence-corrected chi connectivity index (χ3v) is 6.07. The van der Waals surface area contributed by atoms with Crippen molar-refractivity contribution >= 4 is 23.5 Å². The van der Waals surface area contributed by atoms with Gasteiger partial charge in [-0.1, -0.05) is 6.92 Å². The summed E-state index contributed by atoms with van der Waals surface area (Å²) in [5.74, 6) is 3.41. The average Bonchev–Trinajstić information content (AvgIpc) is 2.45. The van der Waals surface area contributed by atoms with Gasteiger partial charge in [0.25, 0.3) is 0 Å². The lowest BCUT2D eigenvalue weighted by atomic mass is 10.3. The Labute approximate surface area is 123 Å². The lowest BCUT2D eigenvalue weighted by Crippen LogP contribution is -2.20. The molecule has 2 heterocycles. The molecule has 1 aliphatic heterocycles. The van der Waals surface area contributed by atoms with Gasteiger partial charge in [-0.05, 0) is 0 Å². The first-order chi connectivity index (χ1) is 9.31. The van der Waals surface area contributed by atoms with Crippen molar-refractivity contribution in [3.63, 3.8) is 0 Å². The first-order valence-electron chi connectivity index (χ1n) is 6.55. The maximum Gasteiger partial charge on any atom is 0.142 e. The number of nitrogens with zero attached hydrogens (tertiary/aromatic N) is 2. The largest absolute Gasteiger partial charge is 0.383 e. The van der Waals surface area contributed by atoms with Gasteiger partial charge in [0.15, 0.2) is 0 Å². The van der Waals surface area contributed by atoms with Crippen molar-refractivity contribution < 1.29 is 4.74 Å². The van der Waals surface area contributed by atoms with Crippen molar-refractivity contribution in [2.75, 3.05) is 31.8 Å². The van der Waals surface area contributed by atoms with E-state index >= 15 is 0 Å². The lowest BCUT2D eigenvalue weighted by molar-refractivity contribution is 0.199. The van der Waals surface area contributed by atoms with Crippen LogP contribution in [0.3, 0.4) is 0 Å².